The van der Waals surface area contributed by atoms with Crippen LogP contribution in [-0.4, -0.2) is 40.2 Å². The van der Waals surface area contributed by atoms with Crippen LogP contribution in [-0.2, 0) is 14.8 Å². The van der Waals surface area contributed by atoms with Gasteiger partial charge >= 0.3 is 5.97 Å². The van der Waals surface area contributed by atoms with Gasteiger partial charge < -0.3 is 14.2 Å². The molecule has 3 rings (SSSR count). The first-order valence-electron chi connectivity index (χ1n) is 8.15. The van der Waals surface area contributed by atoms with Crippen LogP contribution >= 0.6 is 0 Å². The number of hydrogen-bond donors (Lipinski definition) is 1. The number of rotatable bonds is 6. The number of sulfonamides is 1. The van der Waals surface area contributed by atoms with E-state index in [0.29, 0.717) is 17.1 Å². The highest BCUT2D eigenvalue weighted by molar-refractivity contribution is 7.89. The molecule has 2 aromatic carbocycles. The lowest BCUT2D eigenvalue weighted by Crippen LogP contribution is -2.40. The molecule has 0 radical (unpaired) electrons. The van der Waals surface area contributed by atoms with Crippen molar-refractivity contribution >= 4 is 16.0 Å². The van der Waals surface area contributed by atoms with E-state index < -0.39 is 22.1 Å². The third-order valence-corrected chi connectivity index (χ3v) is 5.18. The molecule has 1 aliphatic heterocycles. The highest BCUT2D eigenvalue weighted by Crippen LogP contribution is 2.30. The minimum absolute atomic E-state index is 0.0580. The summed E-state index contributed by atoms with van der Waals surface area (Å²) in [7, 11) is -3.73. The minimum Gasteiger partial charge on any atom is -0.486 e. The molecular formula is C18H19NO6S. The van der Waals surface area contributed by atoms with Gasteiger partial charge in [0.1, 0.15) is 12.7 Å². The van der Waals surface area contributed by atoms with Crippen LogP contribution in [0.2, 0.25) is 0 Å². The Labute approximate surface area is 151 Å². The first-order chi connectivity index (χ1) is 12.5. The molecule has 0 saturated heterocycles. The van der Waals surface area contributed by atoms with Gasteiger partial charge in [-0.05, 0) is 43.3 Å². The zero-order chi connectivity index (χ0) is 18.6. The second-order valence-corrected chi connectivity index (χ2v) is 7.36. The summed E-state index contributed by atoms with van der Waals surface area (Å²) in [5, 5.41) is 0. The Balaban J connectivity index is 1.62. The maximum Gasteiger partial charge on any atom is 0.338 e. The minimum atomic E-state index is -3.73. The summed E-state index contributed by atoms with van der Waals surface area (Å²) in [4.78, 5) is 11.7. The molecule has 0 unspecified atom stereocenters. The van der Waals surface area contributed by atoms with Crippen LogP contribution < -0.4 is 14.2 Å². The molecular weight excluding hydrogens is 358 g/mol. The predicted octanol–water partition coefficient (Wildman–Crippen LogP) is 1.98. The topological polar surface area (TPSA) is 90.9 Å². The molecule has 1 aliphatic rings. The fourth-order valence-electron chi connectivity index (χ4n) is 2.43. The van der Waals surface area contributed by atoms with E-state index in [-0.39, 0.29) is 24.7 Å². The Morgan fingerprint density at radius 3 is 2.54 bits per heavy atom. The van der Waals surface area contributed by atoms with Crippen LogP contribution in [0.1, 0.15) is 17.3 Å². The van der Waals surface area contributed by atoms with Gasteiger partial charge in [-0.1, -0.05) is 12.1 Å². The molecule has 0 bridgehead atoms. The third kappa shape index (κ3) is 4.14. The van der Waals surface area contributed by atoms with Crippen molar-refractivity contribution in [3.63, 3.8) is 0 Å². The highest BCUT2D eigenvalue weighted by atomic mass is 32.2. The van der Waals surface area contributed by atoms with Crippen LogP contribution in [0.25, 0.3) is 0 Å². The van der Waals surface area contributed by atoms with Gasteiger partial charge in [0.05, 0.1) is 23.6 Å². The van der Waals surface area contributed by atoms with Gasteiger partial charge in [-0.2, -0.15) is 0 Å². The molecule has 0 saturated carbocycles. The summed E-state index contributed by atoms with van der Waals surface area (Å²) in [5.74, 6) is 0.735. The number of esters is 1. The lowest BCUT2D eigenvalue weighted by molar-refractivity contribution is 0.0526. The van der Waals surface area contributed by atoms with Crippen LogP contribution in [0.3, 0.4) is 0 Å². The summed E-state index contributed by atoms with van der Waals surface area (Å²) >= 11 is 0. The van der Waals surface area contributed by atoms with E-state index in [0.717, 1.165) is 0 Å². The van der Waals surface area contributed by atoms with Crippen molar-refractivity contribution in [1.82, 2.24) is 4.72 Å². The zero-order valence-corrected chi connectivity index (χ0v) is 15.0. The van der Waals surface area contributed by atoms with Gasteiger partial charge in [0.15, 0.2) is 11.5 Å². The Hall–Kier alpha value is -2.58. The highest BCUT2D eigenvalue weighted by Gasteiger charge is 2.23. The van der Waals surface area contributed by atoms with Crippen molar-refractivity contribution in [3.8, 4) is 11.5 Å². The average molecular weight is 377 g/mol. The molecule has 1 N–H and O–H groups in total. The summed E-state index contributed by atoms with van der Waals surface area (Å²) in [6, 6.07) is 12.8. The van der Waals surface area contributed by atoms with Crippen molar-refractivity contribution in [3.05, 3.63) is 54.1 Å². The van der Waals surface area contributed by atoms with Crippen LogP contribution in [0.5, 0.6) is 11.5 Å². The largest absolute Gasteiger partial charge is 0.486 e. The first-order valence-corrected chi connectivity index (χ1v) is 9.63. The van der Waals surface area contributed by atoms with Gasteiger partial charge in [-0.15, -0.1) is 0 Å². The molecule has 0 fully saturated rings. The van der Waals surface area contributed by atoms with E-state index in [9.17, 15) is 13.2 Å². The monoisotopic (exact) mass is 377 g/mol. The number of hydrogen-bond acceptors (Lipinski definition) is 6. The maximum atomic E-state index is 12.4. The standard InChI is InChI=1S/C18H19NO6S/c1-2-23-18(20)13-7-9-15(10-8-13)26(21,22)19-11-14-12-24-16-5-3-4-6-17(16)25-14/h3-10,14,19H,2,11-12H2,1H3/t14-/m1/s1. The quantitative estimate of drug-likeness (QED) is 0.774. The molecule has 2 aromatic rings. The van der Waals surface area contributed by atoms with Gasteiger partial charge in [0.2, 0.25) is 10.0 Å². The molecule has 0 aromatic heterocycles. The van der Waals surface area contributed by atoms with Crippen molar-refractivity contribution in [2.45, 2.75) is 17.9 Å². The zero-order valence-electron chi connectivity index (χ0n) is 14.2. The van der Waals surface area contributed by atoms with E-state index in [2.05, 4.69) is 4.72 Å². The van der Waals surface area contributed by atoms with Crippen molar-refractivity contribution in [2.75, 3.05) is 19.8 Å². The smallest absolute Gasteiger partial charge is 0.338 e. The third-order valence-electron chi connectivity index (χ3n) is 3.74. The van der Waals surface area contributed by atoms with E-state index in [1.807, 2.05) is 12.1 Å². The summed E-state index contributed by atoms with van der Waals surface area (Å²) < 4.78 is 43.5. The van der Waals surface area contributed by atoms with Crippen molar-refractivity contribution in [2.24, 2.45) is 0 Å². The predicted molar refractivity (Wildman–Crippen MR) is 93.9 cm³/mol. The molecule has 138 valence electrons. The number of para-hydroxylation sites is 2. The lowest BCUT2D eigenvalue weighted by atomic mass is 10.2. The Kier molecular flexibility index (Phi) is 5.43. The fourth-order valence-corrected chi connectivity index (χ4v) is 3.50. The molecule has 0 aliphatic carbocycles. The van der Waals surface area contributed by atoms with Crippen molar-refractivity contribution < 1.29 is 27.4 Å². The summed E-state index contributed by atoms with van der Waals surface area (Å²) in [5.41, 5.74) is 0.298. The number of carbonyl (C=O) groups is 1. The van der Waals surface area contributed by atoms with E-state index in [1.54, 1.807) is 19.1 Å². The molecule has 7 nitrogen and oxygen atoms in total. The van der Waals surface area contributed by atoms with Gasteiger partial charge in [0, 0.05) is 0 Å². The maximum absolute atomic E-state index is 12.4. The van der Waals surface area contributed by atoms with Crippen LogP contribution in [0.15, 0.2) is 53.4 Å². The summed E-state index contributed by atoms with van der Waals surface area (Å²) in [6.45, 7) is 2.28. The second kappa shape index (κ2) is 7.76. The van der Waals surface area contributed by atoms with E-state index >= 15 is 0 Å². The normalized spacial score (nSPS) is 16.1. The number of benzene rings is 2. The van der Waals surface area contributed by atoms with Crippen LogP contribution in [0.4, 0.5) is 0 Å². The molecule has 8 heteroatoms. The molecule has 0 spiro atoms. The number of carbonyl (C=O) groups excluding carboxylic acids is 1. The first kappa shape index (κ1) is 18.2. The van der Waals surface area contributed by atoms with Gasteiger partial charge in [0.25, 0.3) is 0 Å². The van der Waals surface area contributed by atoms with Gasteiger partial charge in [-0.25, -0.2) is 17.9 Å². The second-order valence-electron chi connectivity index (χ2n) is 5.59. The molecule has 0 amide bonds. The molecule has 1 heterocycles. The summed E-state index contributed by atoms with van der Waals surface area (Å²) in [6.07, 6.45) is -0.432. The van der Waals surface area contributed by atoms with Gasteiger partial charge in [-0.3, -0.25) is 0 Å². The SMILES string of the molecule is CCOC(=O)c1ccc(S(=O)(=O)NC[C@@H]2COc3ccccc3O2)cc1. The van der Waals surface area contributed by atoms with E-state index in [4.69, 9.17) is 14.2 Å². The molecule has 26 heavy (non-hydrogen) atoms. The number of fused-ring (bicyclic) bond motifs is 1. The van der Waals surface area contributed by atoms with Crippen LogP contribution in [0, 0.1) is 0 Å². The number of nitrogens with one attached hydrogen (secondary N) is 1. The lowest BCUT2D eigenvalue weighted by Gasteiger charge is -2.26. The Morgan fingerprint density at radius 1 is 1.15 bits per heavy atom. The molecule has 1 atom stereocenters. The van der Waals surface area contributed by atoms with Crippen molar-refractivity contribution in [1.29, 1.82) is 0 Å². The average Bonchev–Trinajstić information content (AvgIpc) is 2.66. The fraction of sp³-hybridized carbons (Fsp3) is 0.278. The van der Waals surface area contributed by atoms with E-state index in [1.165, 1.54) is 24.3 Å². The Bertz CT molecular complexity index is 879. The Morgan fingerprint density at radius 2 is 1.85 bits per heavy atom. The number of ether oxygens (including phenoxy) is 3.